The molecule has 6 amide bonds. The van der Waals surface area contributed by atoms with Gasteiger partial charge in [0.2, 0.25) is 29.5 Å². The molecule has 336 valence electrons. The monoisotopic (exact) mass is 851 g/mol. The first-order valence-corrected chi connectivity index (χ1v) is 21.1. The van der Waals surface area contributed by atoms with Gasteiger partial charge in [-0.1, -0.05) is 0 Å². The summed E-state index contributed by atoms with van der Waals surface area (Å²) < 4.78 is 0. The van der Waals surface area contributed by atoms with Gasteiger partial charge in [-0.15, -0.1) is 12.6 Å². The summed E-state index contributed by atoms with van der Waals surface area (Å²) in [5.74, 6) is -1.46. The Balaban J connectivity index is 2.84. The van der Waals surface area contributed by atoms with Crippen LogP contribution in [-0.2, 0) is 24.0 Å². The number of nitrogens with zero attached hydrogens (tertiary/aromatic N) is 6. The summed E-state index contributed by atoms with van der Waals surface area (Å²) in [5, 5.41) is 17.8. The Labute approximate surface area is 358 Å². The van der Waals surface area contributed by atoms with Gasteiger partial charge in [0.15, 0.2) is 0 Å². The third-order valence-corrected chi connectivity index (χ3v) is 9.27. The van der Waals surface area contributed by atoms with Crippen molar-refractivity contribution in [2.24, 2.45) is 0 Å². The number of carbonyl (C=O) groups excluding carboxylic acids is 6. The molecule has 0 aromatic carbocycles. The lowest BCUT2D eigenvalue weighted by molar-refractivity contribution is -0.129. The van der Waals surface area contributed by atoms with E-state index in [1.165, 1.54) is 6.20 Å². The standard InChI is InChI=1S/C40H74N12O6S/c1-48(2)26-23-41-18-11-9-15-32(46-36(54)29-50(5)6)38(56)44-20-13-24-52(40(58)31-27-42-22-17-34(31)59)25-14-21-45-39(57)33(47-37(55)30-51(7)8)16-10-12-19-43-35(53)28-49(3)4/h17,22,27,32-33,41H,9-16,18-21,23-26,28-30H2,1-8H3,(H,42,59)(H,43,53)(H,44,56)(H,45,57)(H,46,54)(H,47,55)/t32-,33-/m0/s1. The van der Waals surface area contributed by atoms with E-state index in [-0.39, 0.29) is 61.6 Å². The molecule has 0 saturated carbocycles. The van der Waals surface area contributed by atoms with Crippen LogP contribution in [0, 0.1) is 0 Å². The highest BCUT2D eigenvalue weighted by Crippen LogP contribution is 2.15. The van der Waals surface area contributed by atoms with Crippen LogP contribution in [0.4, 0.5) is 0 Å². The van der Waals surface area contributed by atoms with E-state index in [4.69, 9.17) is 0 Å². The molecule has 0 fully saturated rings. The van der Waals surface area contributed by atoms with Gasteiger partial charge in [0.05, 0.1) is 25.2 Å². The van der Waals surface area contributed by atoms with Crippen molar-refractivity contribution in [1.29, 1.82) is 0 Å². The van der Waals surface area contributed by atoms with Crippen molar-refractivity contribution in [2.75, 3.05) is 128 Å². The summed E-state index contributed by atoms with van der Waals surface area (Å²) >= 11 is 4.46. The van der Waals surface area contributed by atoms with Gasteiger partial charge in [-0.3, -0.25) is 33.8 Å². The van der Waals surface area contributed by atoms with Crippen LogP contribution in [0.1, 0.15) is 61.7 Å². The Bertz CT molecular complexity index is 1420. The van der Waals surface area contributed by atoms with Crippen molar-refractivity contribution >= 4 is 48.1 Å². The highest BCUT2D eigenvalue weighted by atomic mass is 32.1. The van der Waals surface area contributed by atoms with Crippen molar-refractivity contribution in [3.63, 3.8) is 0 Å². The fourth-order valence-corrected chi connectivity index (χ4v) is 6.13. The second-order valence-electron chi connectivity index (χ2n) is 15.8. The van der Waals surface area contributed by atoms with Crippen LogP contribution in [0.5, 0.6) is 0 Å². The molecule has 0 aliphatic heterocycles. The molecule has 2 atom stereocenters. The lowest BCUT2D eigenvalue weighted by Crippen LogP contribution is -2.49. The summed E-state index contributed by atoms with van der Waals surface area (Å²) in [5.41, 5.74) is 0.338. The maximum atomic E-state index is 13.7. The highest BCUT2D eigenvalue weighted by Gasteiger charge is 2.23. The van der Waals surface area contributed by atoms with E-state index < -0.39 is 12.1 Å². The minimum Gasteiger partial charge on any atom is -0.355 e. The number of carbonyl (C=O) groups is 6. The van der Waals surface area contributed by atoms with Gasteiger partial charge in [0.25, 0.3) is 5.91 Å². The van der Waals surface area contributed by atoms with E-state index in [0.29, 0.717) is 75.2 Å². The zero-order valence-electron chi connectivity index (χ0n) is 36.9. The molecule has 0 bridgehead atoms. The number of hydrogen-bond donors (Lipinski definition) is 7. The highest BCUT2D eigenvalue weighted by molar-refractivity contribution is 7.80. The third-order valence-electron chi connectivity index (χ3n) is 8.88. The number of amides is 6. The first kappa shape index (κ1) is 53.1. The van der Waals surface area contributed by atoms with Gasteiger partial charge in [0.1, 0.15) is 12.1 Å². The lowest BCUT2D eigenvalue weighted by atomic mass is 10.1. The Morgan fingerprint density at radius 1 is 0.576 bits per heavy atom. The van der Waals surface area contributed by atoms with E-state index in [1.54, 1.807) is 60.1 Å². The number of aromatic nitrogens is 1. The quantitative estimate of drug-likeness (QED) is 0.0348. The maximum absolute atomic E-state index is 13.7. The molecule has 1 rings (SSSR count). The van der Waals surface area contributed by atoms with Crippen molar-refractivity contribution in [1.82, 2.24) is 61.4 Å². The summed E-state index contributed by atoms with van der Waals surface area (Å²) in [6, 6.07) is 0.199. The predicted molar refractivity (Wildman–Crippen MR) is 234 cm³/mol. The van der Waals surface area contributed by atoms with Gasteiger partial charge in [0, 0.05) is 63.1 Å². The van der Waals surface area contributed by atoms with E-state index in [2.05, 4.69) is 54.4 Å². The molecule has 0 aliphatic rings. The Morgan fingerprint density at radius 2 is 1.05 bits per heavy atom. The second-order valence-corrected chi connectivity index (χ2v) is 16.3. The summed E-state index contributed by atoms with van der Waals surface area (Å²) in [6.45, 7) is 4.81. The fourth-order valence-electron chi connectivity index (χ4n) is 5.91. The molecular weight excluding hydrogens is 777 g/mol. The molecule has 0 spiro atoms. The average Bonchev–Trinajstić information content (AvgIpc) is 3.14. The molecule has 1 aromatic rings. The first-order valence-electron chi connectivity index (χ1n) is 20.6. The van der Waals surface area contributed by atoms with Crippen LogP contribution < -0.4 is 31.9 Å². The molecule has 0 radical (unpaired) electrons. The molecular formula is C40H74N12O6S. The SMILES string of the molecule is CN(C)CCNCCCC[C@H](NC(=O)CN(C)C)C(=O)NCCCN(CCCNC(=O)[C@H](CCCCNC(=O)CN(C)C)NC(=O)CN(C)C)C(=O)c1cnccc1S. The number of likely N-dealkylation sites (N-methyl/N-ethyl adjacent to an activating group) is 4. The average molecular weight is 851 g/mol. The normalized spacial score (nSPS) is 12.4. The number of nitrogens with one attached hydrogen (secondary N) is 6. The molecule has 1 aromatic heterocycles. The van der Waals surface area contributed by atoms with Gasteiger partial charge in [-0.25, -0.2) is 0 Å². The van der Waals surface area contributed by atoms with Crippen LogP contribution in [0.15, 0.2) is 23.4 Å². The van der Waals surface area contributed by atoms with Gasteiger partial charge in [-0.2, -0.15) is 0 Å². The first-order chi connectivity index (χ1) is 28.0. The van der Waals surface area contributed by atoms with Gasteiger partial charge < -0.3 is 56.4 Å². The second kappa shape index (κ2) is 31.1. The van der Waals surface area contributed by atoms with E-state index in [1.807, 2.05) is 28.2 Å². The van der Waals surface area contributed by atoms with Crippen molar-refractivity contribution in [3.8, 4) is 0 Å². The Kier molecular flexibility index (Phi) is 28.0. The van der Waals surface area contributed by atoms with Crippen molar-refractivity contribution in [2.45, 2.75) is 68.3 Å². The molecule has 19 heteroatoms. The molecule has 1 heterocycles. The molecule has 59 heavy (non-hydrogen) atoms. The Morgan fingerprint density at radius 3 is 1.53 bits per heavy atom. The van der Waals surface area contributed by atoms with Crippen LogP contribution in [0.25, 0.3) is 0 Å². The lowest BCUT2D eigenvalue weighted by Gasteiger charge is -2.24. The summed E-state index contributed by atoms with van der Waals surface area (Å²) in [4.78, 5) is 91.1. The van der Waals surface area contributed by atoms with Crippen molar-refractivity contribution in [3.05, 3.63) is 24.0 Å². The van der Waals surface area contributed by atoms with Crippen LogP contribution in [-0.4, -0.2) is 205 Å². The molecule has 18 nitrogen and oxygen atoms in total. The molecule has 6 N–H and O–H groups in total. The van der Waals surface area contributed by atoms with E-state index in [0.717, 1.165) is 32.5 Å². The van der Waals surface area contributed by atoms with Crippen LogP contribution in [0.2, 0.25) is 0 Å². The molecule has 0 unspecified atom stereocenters. The minimum absolute atomic E-state index is 0.0780. The smallest absolute Gasteiger partial charge is 0.256 e. The minimum atomic E-state index is -0.760. The van der Waals surface area contributed by atoms with Crippen LogP contribution in [0.3, 0.4) is 0 Å². The molecule has 0 aliphatic carbocycles. The van der Waals surface area contributed by atoms with Gasteiger partial charge in [-0.05, 0) is 120 Å². The number of unbranched alkanes of at least 4 members (excludes halogenated alkanes) is 2. The topological polar surface area (TPSA) is 204 Å². The van der Waals surface area contributed by atoms with Crippen molar-refractivity contribution < 1.29 is 28.8 Å². The number of thiol groups is 1. The van der Waals surface area contributed by atoms with E-state index in [9.17, 15) is 28.8 Å². The number of rotatable bonds is 32. The van der Waals surface area contributed by atoms with Gasteiger partial charge >= 0.3 is 0 Å². The van der Waals surface area contributed by atoms with E-state index >= 15 is 0 Å². The summed E-state index contributed by atoms with van der Waals surface area (Å²) in [6.07, 6.45) is 7.65. The Hall–Kier alpha value is -3.88. The largest absolute Gasteiger partial charge is 0.355 e. The number of pyridine rings is 1. The fraction of sp³-hybridized carbons (Fsp3) is 0.725. The zero-order chi connectivity index (χ0) is 44.2. The third kappa shape index (κ3) is 26.1. The maximum Gasteiger partial charge on any atom is 0.256 e. The zero-order valence-corrected chi connectivity index (χ0v) is 37.8. The summed E-state index contributed by atoms with van der Waals surface area (Å²) in [7, 11) is 14.8. The predicted octanol–water partition coefficient (Wildman–Crippen LogP) is -0.913. The molecule has 0 saturated heterocycles. The number of hydrogen-bond acceptors (Lipinski definition) is 13. The van der Waals surface area contributed by atoms with Crippen LogP contribution >= 0.6 is 12.6 Å².